The van der Waals surface area contributed by atoms with E-state index in [2.05, 4.69) is 0 Å². The third-order valence-electron chi connectivity index (χ3n) is 3.61. The lowest BCUT2D eigenvalue weighted by atomic mass is 10.1. The summed E-state index contributed by atoms with van der Waals surface area (Å²) in [6.07, 6.45) is 0. The van der Waals surface area contributed by atoms with Crippen LogP contribution in [0.15, 0.2) is 84.9 Å². The summed E-state index contributed by atoms with van der Waals surface area (Å²) in [7, 11) is 0. The average Bonchev–Trinajstić information content (AvgIpc) is 2.61. The summed E-state index contributed by atoms with van der Waals surface area (Å²) < 4.78 is 0. The van der Waals surface area contributed by atoms with Crippen molar-refractivity contribution in [3.63, 3.8) is 0 Å². The molecule has 1 amide bonds. The van der Waals surface area contributed by atoms with Crippen molar-refractivity contribution >= 4 is 11.6 Å². The molecule has 0 radical (unpaired) electrons. The Morgan fingerprint density at radius 3 is 1.96 bits per heavy atom. The van der Waals surface area contributed by atoms with Crippen molar-refractivity contribution in [2.24, 2.45) is 0 Å². The minimum atomic E-state index is -0.0972. The van der Waals surface area contributed by atoms with E-state index in [1.54, 1.807) is 17.0 Å². The maximum Gasteiger partial charge on any atom is 0.258 e. The smallest absolute Gasteiger partial charge is 0.258 e. The largest absolute Gasteiger partial charge is 0.508 e. The van der Waals surface area contributed by atoms with E-state index in [0.717, 1.165) is 11.3 Å². The van der Waals surface area contributed by atoms with Crippen LogP contribution in [0.3, 0.4) is 0 Å². The molecule has 3 aromatic carbocycles. The van der Waals surface area contributed by atoms with E-state index >= 15 is 0 Å². The zero-order valence-corrected chi connectivity index (χ0v) is 12.6. The third kappa shape index (κ3) is 3.58. The summed E-state index contributed by atoms with van der Waals surface area (Å²) in [5.41, 5.74) is 2.44. The van der Waals surface area contributed by atoms with Crippen molar-refractivity contribution in [2.45, 2.75) is 6.54 Å². The Morgan fingerprint density at radius 1 is 0.783 bits per heavy atom. The van der Waals surface area contributed by atoms with Crippen LogP contribution in [0.25, 0.3) is 0 Å². The Morgan fingerprint density at radius 2 is 1.35 bits per heavy atom. The maximum atomic E-state index is 12.9. The molecule has 3 rings (SSSR count). The van der Waals surface area contributed by atoms with Crippen molar-refractivity contribution in [3.8, 4) is 5.75 Å². The van der Waals surface area contributed by atoms with Crippen molar-refractivity contribution in [1.29, 1.82) is 0 Å². The Bertz CT molecular complexity index is 768. The van der Waals surface area contributed by atoms with E-state index < -0.39 is 0 Å². The Balaban J connectivity index is 1.94. The van der Waals surface area contributed by atoms with Crippen molar-refractivity contribution in [3.05, 3.63) is 96.1 Å². The van der Waals surface area contributed by atoms with Gasteiger partial charge in [0.25, 0.3) is 5.91 Å². The highest BCUT2D eigenvalue weighted by atomic mass is 16.3. The summed E-state index contributed by atoms with van der Waals surface area (Å²) in [6.45, 7) is 0.491. The average molecular weight is 303 g/mol. The van der Waals surface area contributed by atoms with Gasteiger partial charge in [0, 0.05) is 11.3 Å². The number of hydrogen-bond acceptors (Lipinski definition) is 2. The topological polar surface area (TPSA) is 40.5 Å². The fourth-order valence-electron chi connectivity index (χ4n) is 2.41. The normalized spacial score (nSPS) is 10.3. The van der Waals surface area contributed by atoms with Gasteiger partial charge in [-0.3, -0.25) is 4.79 Å². The molecule has 0 saturated carbocycles. The standard InChI is InChI=1S/C20H17NO2/c22-19-13-11-17(12-14-19)20(23)21(18-9-5-2-6-10-18)15-16-7-3-1-4-8-16/h1-14,22H,15H2. The number of phenolic OH excluding ortho intramolecular Hbond substituents is 1. The molecular weight excluding hydrogens is 286 g/mol. The molecule has 0 unspecified atom stereocenters. The van der Waals surface area contributed by atoms with Crippen molar-refractivity contribution in [2.75, 3.05) is 4.90 Å². The number of nitrogens with zero attached hydrogens (tertiary/aromatic N) is 1. The van der Waals surface area contributed by atoms with Gasteiger partial charge < -0.3 is 10.0 Å². The van der Waals surface area contributed by atoms with E-state index in [9.17, 15) is 9.90 Å². The summed E-state index contributed by atoms with van der Waals surface area (Å²) >= 11 is 0. The second kappa shape index (κ2) is 6.79. The third-order valence-corrected chi connectivity index (χ3v) is 3.61. The molecule has 1 N–H and O–H groups in total. The number of amides is 1. The number of aromatic hydroxyl groups is 1. The van der Waals surface area contributed by atoms with E-state index in [0.29, 0.717) is 12.1 Å². The van der Waals surface area contributed by atoms with Crippen LogP contribution in [-0.4, -0.2) is 11.0 Å². The molecule has 0 aliphatic carbocycles. The zero-order chi connectivity index (χ0) is 16.1. The highest BCUT2D eigenvalue weighted by Crippen LogP contribution is 2.21. The first-order valence-electron chi connectivity index (χ1n) is 7.44. The van der Waals surface area contributed by atoms with Crippen LogP contribution >= 0.6 is 0 Å². The van der Waals surface area contributed by atoms with E-state index in [1.807, 2.05) is 60.7 Å². The highest BCUT2D eigenvalue weighted by molar-refractivity contribution is 6.06. The fourth-order valence-corrected chi connectivity index (χ4v) is 2.41. The minimum absolute atomic E-state index is 0.0972. The number of carbonyl (C=O) groups is 1. The maximum absolute atomic E-state index is 12.9. The first-order chi connectivity index (χ1) is 11.2. The molecule has 0 aromatic heterocycles. The molecule has 0 aliphatic rings. The number of anilines is 1. The fraction of sp³-hybridized carbons (Fsp3) is 0.0500. The van der Waals surface area contributed by atoms with Gasteiger partial charge in [-0.15, -0.1) is 0 Å². The Kier molecular flexibility index (Phi) is 4.39. The number of rotatable bonds is 4. The van der Waals surface area contributed by atoms with Gasteiger partial charge in [-0.25, -0.2) is 0 Å². The molecule has 0 bridgehead atoms. The number of benzene rings is 3. The van der Waals surface area contributed by atoms with Crippen LogP contribution in [0.5, 0.6) is 5.75 Å². The van der Waals surface area contributed by atoms with Gasteiger partial charge in [-0.1, -0.05) is 48.5 Å². The summed E-state index contributed by atoms with van der Waals surface area (Å²) in [6, 6.07) is 25.8. The molecule has 0 fully saturated rings. The zero-order valence-electron chi connectivity index (χ0n) is 12.6. The van der Waals surface area contributed by atoms with E-state index in [4.69, 9.17) is 0 Å². The molecular formula is C20H17NO2. The van der Waals surface area contributed by atoms with Gasteiger partial charge in [0.15, 0.2) is 0 Å². The molecule has 0 spiro atoms. The highest BCUT2D eigenvalue weighted by Gasteiger charge is 2.18. The van der Waals surface area contributed by atoms with Gasteiger partial charge in [0.1, 0.15) is 5.75 Å². The molecule has 0 heterocycles. The van der Waals surface area contributed by atoms with Gasteiger partial charge >= 0.3 is 0 Å². The van der Waals surface area contributed by atoms with Crippen LogP contribution in [0, 0.1) is 0 Å². The van der Waals surface area contributed by atoms with Crippen LogP contribution in [0.2, 0.25) is 0 Å². The molecule has 3 heteroatoms. The molecule has 3 aromatic rings. The van der Waals surface area contributed by atoms with Crippen molar-refractivity contribution in [1.82, 2.24) is 0 Å². The molecule has 3 nitrogen and oxygen atoms in total. The molecule has 23 heavy (non-hydrogen) atoms. The molecule has 0 saturated heterocycles. The summed E-state index contributed by atoms with van der Waals surface area (Å²) in [5, 5.41) is 9.40. The van der Waals surface area contributed by atoms with Gasteiger partial charge in [-0.05, 0) is 42.0 Å². The second-order valence-corrected chi connectivity index (χ2v) is 5.26. The summed E-state index contributed by atoms with van der Waals surface area (Å²) in [5.74, 6) is 0.0518. The first kappa shape index (κ1) is 14.9. The van der Waals surface area contributed by atoms with Crippen LogP contribution in [0.4, 0.5) is 5.69 Å². The second-order valence-electron chi connectivity index (χ2n) is 5.26. The Labute approximate surface area is 135 Å². The number of hydrogen-bond donors (Lipinski definition) is 1. The molecule has 114 valence electrons. The minimum Gasteiger partial charge on any atom is -0.508 e. The quantitative estimate of drug-likeness (QED) is 0.783. The predicted octanol–water partition coefficient (Wildman–Crippen LogP) is 4.24. The van der Waals surface area contributed by atoms with Gasteiger partial charge in [0.05, 0.1) is 6.54 Å². The summed E-state index contributed by atoms with van der Waals surface area (Å²) in [4.78, 5) is 14.6. The number of phenols is 1. The molecule has 0 atom stereocenters. The predicted molar refractivity (Wildman–Crippen MR) is 91.5 cm³/mol. The monoisotopic (exact) mass is 303 g/mol. The van der Waals surface area contributed by atoms with Gasteiger partial charge in [0.2, 0.25) is 0 Å². The van der Waals surface area contributed by atoms with Crippen molar-refractivity contribution < 1.29 is 9.90 Å². The van der Waals surface area contributed by atoms with Gasteiger partial charge in [-0.2, -0.15) is 0 Å². The van der Waals surface area contributed by atoms with Crippen LogP contribution in [0.1, 0.15) is 15.9 Å². The number of para-hydroxylation sites is 1. The lowest BCUT2D eigenvalue weighted by Crippen LogP contribution is -2.30. The van der Waals surface area contributed by atoms with E-state index in [-0.39, 0.29) is 11.7 Å². The lowest BCUT2D eigenvalue weighted by molar-refractivity contribution is 0.0985. The van der Waals surface area contributed by atoms with E-state index in [1.165, 1.54) is 12.1 Å². The van der Waals surface area contributed by atoms with Crippen LogP contribution in [-0.2, 0) is 6.54 Å². The SMILES string of the molecule is O=C(c1ccc(O)cc1)N(Cc1ccccc1)c1ccccc1. The number of carbonyl (C=O) groups excluding carboxylic acids is 1. The first-order valence-corrected chi connectivity index (χ1v) is 7.44. The van der Waals surface area contributed by atoms with Crippen LogP contribution < -0.4 is 4.90 Å². The molecule has 0 aliphatic heterocycles. The lowest BCUT2D eigenvalue weighted by Gasteiger charge is -2.23. The Hall–Kier alpha value is -3.07.